The first-order valence-electron chi connectivity index (χ1n) is 11.7. The van der Waals surface area contributed by atoms with Crippen molar-refractivity contribution in [2.24, 2.45) is 5.92 Å². The first kappa shape index (κ1) is 22.6. The number of amides is 1. The molecule has 172 valence electrons. The third-order valence-electron chi connectivity index (χ3n) is 6.59. The van der Waals surface area contributed by atoms with E-state index in [1.54, 1.807) is 4.57 Å². The summed E-state index contributed by atoms with van der Waals surface area (Å²) in [6.07, 6.45) is 11.7. The summed E-state index contributed by atoms with van der Waals surface area (Å²) in [5.41, 5.74) is 4.95. The summed E-state index contributed by atoms with van der Waals surface area (Å²) in [5, 5.41) is 0. The van der Waals surface area contributed by atoms with Crippen LogP contribution in [-0.4, -0.2) is 64.7 Å². The third kappa shape index (κ3) is 3.96. The van der Waals surface area contributed by atoms with E-state index >= 15 is 0 Å². The van der Waals surface area contributed by atoms with Crippen LogP contribution in [0.15, 0.2) is 30.0 Å². The lowest BCUT2D eigenvalue weighted by Crippen LogP contribution is -2.48. The second-order valence-corrected chi connectivity index (χ2v) is 9.92. The maximum atomic E-state index is 13.2. The van der Waals surface area contributed by atoms with Crippen LogP contribution in [-0.2, 0) is 16.0 Å². The van der Waals surface area contributed by atoms with Gasteiger partial charge >= 0.3 is 6.09 Å². The van der Waals surface area contributed by atoms with E-state index < -0.39 is 5.60 Å². The van der Waals surface area contributed by atoms with Gasteiger partial charge in [0.25, 0.3) is 0 Å². The average molecular weight is 438 g/mol. The van der Waals surface area contributed by atoms with Crippen molar-refractivity contribution >= 4 is 23.6 Å². The van der Waals surface area contributed by atoms with Crippen LogP contribution in [0.2, 0.25) is 0 Å². The van der Waals surface area contributed by atoms with E-state index in [0.717, 1.165) is 48.3 Å². The Hall–Kier alpha value is -2.60. The van der Waals surface area contributed by atoms with Crippen molar-refractivity contribution in [3.8, 4) is 0 Å². The Kier molecular flexibility index (Phi) is 5.93. The molecule has 0 saturated heterocycles. The van der Waals surface area contributed by atoms with Gasteiger partial charge in [0.05, 0.1) is 11.6 Å². The summed E-state index contributed by atoms with van der Waals surface area (Å²) in [7, 11) is 2.10. The molecule has 0 N–H and O–H groups in total. The van der Waals surface area contributed by atoms with E-state index in [0.29, 0.717) is 6.54 Å². The fraction of sp³-hybridized carbons (Fsp3) is 0.538. The van der Waals surface area contributed by atoms with Gasteiger partial charge in [-0.2, -0.15) is 0 Å². The summed E-state index contributed by atoms with van der Waals surface area (Å²) in [6.45, 7) is 11.9. The molecule has 4 rings (SSSR count). The van der Waals surface area contributed by atoms with Crippen molar-refractivity contribution in [2.45, 2.75) is 59.1 Å². The maximum Gasteiger partial charge on any atom is 0.419 e. The second kappa shape index (κ2) is 8.39. The van der Waals surface area contributed by atoms with Crippen molar-refractivity contribution in [3.05, 3.63) is 46.8 Å². The highest BCUT2D eigenvalue weighted by Gasteiger charge is 2.39. The number of carbonyl (C=O) groups is 2. The normalized spacial score (nSPS) is 22.3. The Morgan fingerprint density at radius 3 is 2.59 bits per heavy atom. The van der Waals surface area contributed by atoms with Crippen LogP contribution in [0.4, 0.5) is 4.79 Å². The molecule has 2 heterocycles. The predicted molar refractivity (Wildman–Crippen MR) is 127 cm³/mol. The molecule has 6 nitrogen and oxygen atoms in total. The number of fused-ring (bicyclic) bond motifs is 2. The average Bonchev–Trinajstić information content (AvgIpc) is 2.93. The SMILES string of the molecule is CCN(CC)C(=O)[C@@H]1C=C2C3=CCC=Cc4c3c(cn4C(=O)OC(C)(C)C)C[C@H]2N(C)C1. The van der Waals surface area contributed by atoms with E-state index in [9.17, 15) is 9.59 Å². The quantitative estimate of drug-likeness (QED) is 0.705. The fourth-order valence-corrected chi connectivity index (χ4v) is 5.11. The molecular weight excluding hydrogens is 402 g/mol. The first-order valence-corrected chi connectivity index (χ1v) is 11.7. The van der Waals surface area contributed by atoms with Crippen molar-refractivity contribution in [1.29, 1.82) is 0 Å². The van der Waals surface area contributed by atoms with Crippen molar-refractivity contribution in [1.82, 2.24) is 14.4 Å². The molecule has 1 amide bonds. The molecule has 0 spiro atoms. The summed E-state index contributed by atoms with van der Waals surface area (Å²) in [5.74, 6) is 0.0405. The Bertz CT molecular complexity index is 1020. The van der Waals surface area contributed by atoms with Gasteiger partial charge in [-0.25, -0.2) is 4.79 Å². The van der Waals surface area contributed by atoms with Crippen LogP contribution < -0.4 is 0 Å². The number of nitrogens with zero attached hydrogens (tertiary/aromatic N) is 3. The molecule has 6 heteroatoms. The molecule has 3 aliphatic rings. The zero-order valence-corrected chi connectivity index (χ0v) is 20.1. The van der Waals surface area contributed by atoms with Crippen molar-refractivity contribution < 1.29 is 14.3 Å². The molecule has 2 atom stereocenters. The largest absolute Gasteiger partial charge is 0.443 e. The number of rotatable bonds is 3. The third-order valence-corrected chi connectivity index (χ3v) is 6.59. The summed E-state index contributed by atoms with van der Waals surface area (Å²) in [4.78, 5) is 30.3. The fourth-order valence-electron chi connectivity index (χ4n) is 5.11. The molecule has 0 aromatic carbocycles. The monoisotopic (exact) mass is 437 g/mol. The van der Waals surface area contributed by atoms with E-state index in [4.69, 9.17) is 4.74 Å². The highest BCUT2D eigenvalue weighted by atomic mass is 16.6. The zero-order chi connectivity index (χ0) is 23.2. The van der Waals surface area contributed by atoms with Crippen molar-refractivity contribution in [3.63, 3.8) is 0 Å². The van der Waals surface area contributed by atoms with Crippen LogP contribution in [0, 0.1) is 5.92 Å². The topological polar surface area (TPSA) is 54.8 Å². The number of carbonyl (C=O) groups excluding carboxylic acids is 2. The molecule has 32 heavy (non-hydrogen) atoms. The van der Waals surface area contributed by atoms with Gasteiger partial charge in [0.15, 0.2) is 0 Å². The number of hydrogen-bond acceptors (Lipinski definition) is 4. The van der Waals surface area contributed by atoms with Gasteiger partial charge < -0.3 is 9.64 Å². The van der Waals surface area contributed by atoms with E-state index in [-0.39, 0.29) is 24.0 Å². The Morgan fingerprint density at radius 1 is 1.22 bits per heavy atom. The van der Waals surface area contributed by atoms with Crippen LogP contribution in [0.25, 0.3) is 11.6 Å². The molecule has 0 radical (unpaired) electrons. The highest BCUT2D eigenvalue weighted by molar-refractivity contribution is 5.93. The minimum absolute atomic E-state index is 0.152. The minimum atomic E-state index is -0.559. The van der Waals surface area contributed by atoms with Crippen LogP contribution in [0.3, 0.4) is 0 Å². The lowest BCUT2D eigenvalue weighted by molar-refractivity contribution is -0.134. The predicted octanol–water partition coefficient (Wildman–Crippen LogP) is 4.35. The summed E-state index contributed by atoms with van der Waals surface area (Å²) in [6, 6.07) is 0.204. The zero-order valence-electron chi connectivity index (χ0n) is 20.1. The van der Waals surface area contributed by atoms with Gasteiger partial charge in [0.2, 0.25) is 5.91 Å². The molecule has 0 unspecified atom stereocenters. The summed E-state index contributed by atoms with van der Waals surface area (Å²) < 4.78 is 7.33. The lowest BCUT2D eigenvalue weighted by atomic mass is 9.77. The van der Waals surface area contributed by atoms with Crippen molar-refractivity contribution in [2.75, 3.05) is 26.7 Å². The van der Waals surface area contributed by atoms with Gasteiger partial charge in [0.1, 0.15) is 5.60 Å². The Morgan fingerprint density at radius 2 is 1.94 bits per heavy atom. The first-order chi connectivity index (χ1) is 15.1. The molecule has 0 bridgehead atoms. The van der Waals surface area contributed by atoms with E-state index in [1.165, 1.54) is 5.57 Å². The molecule has 0 saturated carbocycles. The molecule has 1 aromatic rings. The number of aromatic nitrogens is 1. The van der Waals surface area contributed by atoms with E-state index in [1.807, 2.05) is 51.8 Å². The maximum absolute atomic E-state index is 13.2. The number of allylic oxidation sites excluding steroid dienone is 2. The van der Waals surface area contributed by atoms with Gasteiger partial charge in [-0.05, 0) is 77.3 Å². The molecule has 2 aliphatic carbocycles. The van der Waals surface area contributed by atoms with Crippen LogP contribution >= 0.6 is 0 Å². The molecule has 1 aromatic heterocycles. The second-order valence-electron chi connectivity index (χ2n) is 9.92. The Labute approximate surface area is 191 Å². The summed E-state index contributed by atoms with van der Waals surface area (Å²) >= 11 is 0. The van der Waals surface area contributed by atoms with Crippen LogP contribution in [0.1, 0.15) is 57.9 Å². The minimum Gasteiger partial charge on any atom is -0.443 e. The number of ether oxygens (including phenoxy) is 1. The van der Waals surface area contributed by atoms with Gasteiger partial charge in [0, 0.05) is 37.4 Å². The van der Waals surface area contributed by atoms with Crippen LogP contribution in [0.5, 0.6) is 0 Å². The Balaban J connectivity index is 1.78. The van der Waals surface area contributed by atoms with E-state index in [2.05, 4.69) is 30.2 Å². The molecule has 1 aliphatic heterocycles. The molecular formula is C26H35N3O3. The highest BCUT2D eigenvalue weighted by Crippen LogP contribution is 2.44. The molecule has 0 fully saturated rings. The van der Waals surface area contributed by atoms with Gasteiger partial charge in [-0.15, -0.1) is 0 Å². The standard InChI is InChI=1S/C26H35N3O3/c1-7-28(8-2)24(30)18-13-20-19-11-9-10-12-21-23(19)17(14-22(20)27(6)15-18)16-29(21)25(31)32-26(3,4)5/h10-13,16,18,22H,7-9,14-15H2,1-6H3/t18-,22-/m1/s1. The number of likely N-dealkylation sites (N-methyl/N-ethyl adjacent to an activating group) is 1. The smallest absolute Gasteiger partial charge is 0.419 e. The lowest BCUT2D eigenvalue weighted by Gasteiger charge is -2.41. The van der Waals surface area contributed by atoms with Gasteiger partial charge in [-0.1, -0.05) is 18.2 Å². The number of hydrogen-bond donors (Lipinski definition) is 0. The van der Waals surface area contributed by atoms with Gasteiger partial charge in [-0.3, -0.25) is 14.3 Å².